The molecule has 0 bridgehead atoms. The summed E-state index contributed by atoms with van der Waals surface area (Å²) in [4.78, 5) is 40.7. The number of carbonyl (C=O) groups is 3. The van der Waals surface area contributed by atoms with Crippen molar-refractivity contribution in [3.05, 3.63) is 0 Å². The van der Waals surface area contributed by atoms with Crippen LogP contribution in [0.15, 0.2) is 0 Å². The number of hydrogen-bond donors (Lipinski definition) is 1. The molecule has 23 heavy (non-hydrogen) atoms. The summed E-state index contributed by atoms with van der Waals surface area (Å²) in [5.41, 5.74) is 0. The molecule has 0 unspecified atom stereocenters. The first kappa shape index (κ1) is 17.6. The van der Waals surface area contributed by atoms with E-state index in [1.165, 1.54) is 0 Å². The third-order valence-corrected chi connectivity index (χ3v) is 4.59. The van der Waals surface area contributed by atoms with Crippen molar-refractivity contribution >= 4 is 17.8 Å². The van der Waals surface area contributed by atoms with Gasteiger partial charge in [-0.05, 0) is 25.7 Å². The van der Waals surface area contributed by atoms with Gasteiger partial charge in [0.1, 0.15) is 0 Å². The van der Waals surface area contributed by atoms with Crippen LogP contribution >= 0.6 is 0 Å². The standard InChI is InChI=1S/C16H28N4O3/c1-18(2)16(23)20-11-6-13(7-12-20)15(22)17-8-4-10-19-9-3-5-14(19)21/h13H,3-12H2,1-2H3,(H,17,22). The average molecular weight is 324 g/mol. The first-order valence-electron chi connectivity index (χ1n) is 8.50. The number of hydrogen-bond acceptors (Lipinski definition) is 3. The summed E-state index contributed by atoms with van der Waals surface area (Å²) < 4.78 is 0. The summed E-state index contributed by atoms with van der Waals surface area (Å²) in [7, 11) is 3.48. The normalized spacial score (nSPS) is 19.1. The van der Waals surface area contributed by atoms with Crippen molar-refractivity contribution in [3.8, 4) is 0 Å². The van der Waals surface area contributed by atoms with Gasteiger partial charge < -0.3 is 20.0 Å². The first-order chi connectivity index (χ1) is 11.0. The van der Waals surface area contributed by atoms with E-state index in [2.05, 4.69) is 5.32 Å². The molecule has 4 amide bonds. The molecule has 0 atom stereocenters. The molecule has 0 spiro atoms. The van der Waals surface area contributed by atoms with Crippen molar-refractivity contribution in [2.75, 3.05) is 46.8 Å². The number of nitrogens with zero attached hydrogens (tertiary/aromatic N) is 3. The summed E-state index contributed by atoms with van der Waals surface area (Å²) in [6.07, 6.45) is 3.85. The molecular formula is C16H28N4O3. The van der Waals surface area contributed by atoms with Crippen molar-refractivity contribution in [1.82, 2.24) is 20.0 Å². The molecular weight excluding hydrogens is 296 g/mol. The van der Waals surface area contributed by atoms with E-state index >= 15 is 0 Å². The minimum Gasteiger partial charge on any atom is -0.356 e. The van der Waals surface area contributed by atoms with Crippen LogP contribution in [-0.2, 0) is 9.59 Å². The predicted molar refractivity (Wildman–Crippen MR) is 86.8 cm³/mol. The van der Waals surface area contributed by atoms with E-state index in [9.17, 15) is 14.4 Å². The van der Waals surface area contributed by atoms with Crippen molar-refractivity contribution in [3.63, 3.8) is 0 Å². The first-order valence-corrected chi connectivity index (χ1v) is 8.50. The van der Waals surface area contributed by atoms with Crippen LogP contribution in [0.1, 0.15) is 32.1 Å². The van der Waals surface area contributed by atoms with E-state index in [0.717, 1.165) is 38.8 Å². The van der Waals surface area contributed by atoms with Crippen molar-refractivity contribution in [2.45, 2.75) is 32.1 Å². The predicted octanol–water partition coefficient (Wildman–Crippen LogP) is 0.509. The van der Waals surface area contributed by atoms with Crippen LogP contribution in [-0.4, -0.2) is 79.4 Å². The van der Waals surface area contributed by atoms with Gasteiger partial charge in [-0.1, -0.05) is 0 Å². The zero-order chi connectivity index (χ0) is 16.8. The highest BCUT2D eigenvalue weighted by Crippen LogP contribution is 2.18. The van der Waals surface area contributed by atoms with Gasteiger partial charge in [0.05, 0.1) is 0 Å². The van der Waals surface area contributed by atoms with Crippen LogP contribution in [0.5, 0.6) is 0 Å². The third kappa shape index (κ3) is 4.84. The average Bonchev–Trinajstić information content (AvgIpc) is 2.96. The van der Waals surface area contributed by atoms with E-state index in [1.54, 1.807) is 23.9 Å². The van der Waals surface area contributed by atoms with E-state index < -0.39 is 0 Å². The minimum atomic E-state index is -0.00497. The van der Waals surface area contributed by atoms with Crippen LogP contribution in [0.25, 0.3) is 0 Å². The van der Waals surface area contributed by atoms with E-state index in [4.69, 9.17) is 0 Å². The summed E-state index contributed by atoms with van der Waals surface area (Å²) in [5.74, 6) is 0.304. The molecule has 0 radical (unpaired) electrons. The van der Waals surface area contributed by atoms with Gasteiger partial charge in [-0.2, -0.15) is 0 Å². The van der Waals surface area contributed by atoms with Crippen LogP contribution in [0, 0.1) is 5.92 Å². The molecule has 2 heterocycles. The Kier molecular flexibility index (Phi) is 6.24. The number of piperidine rings is 1. The molecule has 2 aliphatic heterocycles. The molecule has 130 valence electrons. The smallest absolute Gasteiger partial charge is 0.319 e. The molecule has 2 saturated heterocycles. The summed E-state index contributed by atoms with van der Waals surface area (Å²) in [5, 5.41) is 2.97. The van der Waals surface area contributed by atoms with Crippen molar-refractivity contribution in [1.29, 1.82) is 0 Å². The number of nitrogens with one attached hydrogen (secondary N) is 1. The largest absolute Gasteiger partial charge is 0.356 e. The van der Waals surface area contributed by atoms with Gasteiger partial charge in [0.25, 0.3) is 0 Å². The van der Waals surface area contributed by atoms with Gasteiger partial charge in [-0.3, -0.25) is 9.59 Å². The van der Waals surface area contributed by atoms with E-state index in [1.807, 2.05) is 4.90 Å². The summed E-state index contributed by atoms with van der Waals surface area (Å²) >= 11 is 0. The van der Waals surface area contributed by atoms with Gasteiger partial charge in [0.2, 0.25) is 11.8 Å². The molecule has 7 heteroatoms. The molecule has 2 fully saturated rings. The summed E-state index contributed by atoms with van der Waals surface area (Å²) in [6, 6.07) is 0.0131. The second-order valence-corrected chi connectivity index (χ2v) is 6.57. The zero-order valence-corrected chi connectivity index (χ0v) is 14.2. The molecule has 2 aliphatic rings. The fourth-order valence-electron chi connectivity index (χ4n) is 3.18. The van der Waals surface area contributed by atoms with Gasteiger partial charge in [0.15, 0.2) is 0 Å². The second kappa shape index (κ2) is 8.17. The molecule has 1 N–H and O–H groups in total. The molecule has 0 saturated carbocycles. The van der Waals surface area contributed by atoms with Crippen LogP contribution in [0.2, 0.25) is 0 Å². The quantitative estimate of drug-likeness (QED) is 0.749. The zero-order valence-electron chi connectivity index (χ0n) is 14.2. The Bertz CT molecular complexity index is 445. The lowest BCUT2D eigenvalue weighted by Crippen LogP contribution is -2.46. The third-order valence-electron chi connectivity index (χ3n) is 4.59. The monoisotopic (exact) mass is 324 g/mol. The number of likely N-dealkylation sites (tertiary alicyclic amines) is 2. The van der Waals surface area contributed by atoms with E-state index in [-0.39, 0.29) is 23.8 Å². The fourth-order valence-corrected chi connectivity index (χ4v) is 3.18. The van der Waals surface area contributed by atoms with E-state index in [0.29, 0.717) is 26.1 Å². The summed E-state index contributed by atoms with van der Waals surface area (Å²) in [6.45, 7) is 3.47. The Morgan fingerprint density at radius 3 is 2.48 bits per heavy atom. The lowest BCUT2D eigenvalue weighted by atomic mass is 9.96. The molecule has 0 aromatic carbocycles. The van der Waals surface area contributed by atoms with Gasteiger partial charge >= 0.3 is 6.03 Å². The Morgan fingerprint density at radius 1 is 1.22 bits per heavy atom. The Hall–Kier alpha value is -1.79. The number of urea groups is 1. The molecule has 0 aromatic rings. The van der Waals surface area contributed by atoms with Crippen molar-refractivity contribution in [2.24, 2.45) is 5.92 Å². The molecule has 0 aromatic heterocycles. The van der Waals surface area contributed by atoms with Gasteiger partial charge in [-0.25, -0.2) is 4.79 Å². The molecule has 7 nitrogen and oxygen atoms in total. The lowest BCUT2D eigenvalue weighted by Gasteiger charge is -2.33. The topological polar surface area (TPSA) is 73.0 Å². The fraction of sp³-hybridized carbons (Fsp3) is 0.812. The number of amides is 4. The van der Waals surface area contributed by atoms with Gasteiger partial charge in [0, 0.05) is 59.2 Å². The highest BCUT2D eigenvalue weighted by molar-refractivity contribution is 5.79. The highest BCUT2D eigenvalue weighted by Gasteiger charge is 2.27. The lowest BCUT2D eigenvalue weighted by molar-refractivity contribution is -0.127. The van der Waals surface area contributed by atoms with Crippen LogP contribution in [0.3, 0.4) is 0 Å². The Balaban J connectivity index is 1.61. The number of carbonyl (C=O) groups excluding carboxylic acids is 3. The molecule has 2 rings (SSSR count). The SMILES string of the molecule is CN(C)C(=O)N1CCC(C(=O)NCCCN2CCCC2=O)CC1. The maximum atomic E-state index is 12.2. The van der Waals surface area contributed by atoms with Crippen LogP contribution < -0.4 is 5.32 Å². The molecule has 0 aliphatic carbocycles. The van der Waals surface area contributed by atoms with Crippen LogP contribution in [0.4, 0.5) is 4.79 Å². The maximum absolute atomic E-state index is 12.2. The Labute approximate surface area is 138 Å². The highest BCUT2D eigenvalue weighted by atomic mass is 16.2. The second-order valence-electron chi connectivity index (χ2n) is 6.57. The number of rotatable bonds is 5. The van der Waals surface area contributed by atoms with Crippen molar-refractivity contribution < 1.29 is 14.4 Å². The minimum absolute atomic E-state index is 0.00497. The Morgan fingerprint density at radius 2 is 1.91 bits per heavy atom. The van der Waals surface area contributed by atoms with Gasteiger partial charge in [-0.15, -0.1) is 0 Å². The maximum Gasteiger partial charge on any atom is 0.319 e.